The SMILES string of the molecule is CSCCCCN=C(N)C(C)(C)C. The van der Waals surface area contributed by atoms with E-state index in [0.29, 0.717) is 0 Å². The van der Waals surface area contributed by atoms with Gasteiger partial charge in [-0.25, -0.2) is 0 Å². The molecule has 0 saturated heterocycles. The molecule has 2 N–H and O–H groups in total. The van der Waals surface area contributed by atoms with E-state index in [9.17, 15) is 0 Å². The van der Waals surface area contributed by atoms with Crippen LogP contribution >= 0.6 is 11.8 Å². The Balaban J connectivity index is 3.60. The van der Waals surface area contributed by atoms with Crippen LogP contribution in [-0.2, 0) is 0 Å². The molecule has 0 fully saturated rings. The first kappa shape index (κ1) is 12.8. The van der Waals surface area contributed by atoms with Gasteiger partial charge in [-0.15, -0.1) is 0 Å². The van der Waals surface area contributed by atoms with Gasteiger partial charge in [0.15, 0.2) is 0 Å². The number of thioether (sulfide) groups is 1. The number of unbranched alkanes of at least 4 members (excludes halogenated alkanes) is 1. The van der Waals surface area contributed by atoms with Crippen molar-refractivity contribution in [2.75, 3.05) is 18.6 Å². The highest BCUT2D eigenvalue weighted by molar-refractivity contribution is 7.98. The van der Waals surface area contributed by atoms with E-state index in [0.717, 1.165) is 18.8 Å². The van der Waals surface area contributed by atoms with Crippen LogP contribution in [0, 0.1) is 5.41 Å². The Morgan fingerprint density at radius 2 is 1.92 bits per heavy atom. The largest absolute Gasteiger partial charge is 0.387 e. The van der Waals surface area contributed by atoms with Crippen molar-refractivity contribution in [3.05, 3.63) is 0 Å². The second-order valence-corrected chi connectivity index (χ2v) is 5.20. The molecule has 3 heteroatoms. The molecule has 0 saturated carbocycles. The zero-order valence-corrected chi connectivity index (χ0v) is 10.1. The average Bonchev–Trinajstić information content (AvgIpc) is 2.02. The van der Waals surface area contributed by atoms with Crippen molar-refractivity contribution >= 4 is 17.6 Å². The van der Waals surface area contributed by atoms with Crippen LogP contribution in [0.4, 0.5) is 0 Å². The predicted molar refractivity (Wildman–Crippen MR) is 63.6 cm³/mol. The number of amidine groups is 1. The van der Waals surface area contributed by atoms with Crippen LogP contribution in [0.5, 0.6) is 0 Å². The summed E-state index contributed by atoms with van der Waals surface area (Å²) in [6.45, 7) is 7.15. The highest BCUT2D eigenvalue weighted by Gasteiger charge is 2.14. The predicted octanol–water partition coefficient (Wildman–Crippen LogP) is 2.53. The first-order valence-corrected chi connectivity index (χ1v) is 6.17. The van der Waals surface area contributed by atoms with Gasteiger partial charge in [-0.1, -0.05) is 20.8 Å². The van der Waals surface area contributed by atoms with E-state index in [1.165, 1.54) is 12.2 Å². The summed E-state index contributed by atoms with van der Waals surface area (Å²) in [4.78, 5) is 4.35. The minimum atomic E-state index is 0.0273. The molecule has 78 valence electrons. The average molecular weight is 202 g/mol. The number of rotatable bonds is 5. The fourth-order valence-corrected chi connectivity index (χ4v) is 1.29. The number of nitrogens with two attached hydrogens (primary N) is 1. The molecule has 0 aliphatic carbocycles. The molecule has 0 bridgehead atoms. The van der Waals surface area contributed by atoms with E-state index in [2.05, 4.69) is 32.0 Å². The van der Waals surface area contributed by atoms with Crippen molar-refractivity contribution in [1.29, 1.82) is 0 Å². The molecular weight excluding hydrogens is 180 g/mol. The van der Waals surface area contributed by atoms with Crippen molar-refractivity contribution in [2.45, 2.75) is 33.6 Å². The fourth-order valence-electron chi connectivity index (χ4n) is 0.795. The van der Waals surface area contributed by atoms with Crippen LogP contribution in [0.2, 0.25) is 0 Å². The lowest BCUT2D eigenvalue weighted by Crippen LogP contribution is -2.29. The van der Waals surface area contributed by atoms with Crippen molar-refractivity contribution in [3.8, 4) is 0 Å². The molecule has 0 aliphatic heterocycles. The number of aliphatic imine (C=N–C) groups is 1. The number of nitrogens with zero attached hydrogens (tertiary/aromatic N) is 1. The maximum Gasteiger partial charge on any atom is 0.0991 e. The minimum Gasteiger partial charge on any atom is -0.387 e. The first-order chi connectivity index (χ1) is 5.98. The third-order valence-electron chi connectivity index (χ3n) is 1.81. The lowest BCUT2D eigenvalue weighted by molar-refractivity contribution is 0.580. The monoisotopic (exact) mass is 202 g/mol. The molecule has 0 aromatic rings. The Morgan fingerprint density at radius 3 is 2.38 bits per heavy atom. The number of hydrogen-bond donors (Lipinski definition) is 1. The Morgan fingerprint density at radius 1 is 1.31 bits per heavy atom. The van der Waals surface area contributed by atoms with Crippen LogP contribution in [0.3, 0.4) is 0 Å². The Labute approximate surface area is 86.4 Å². The van der Waals surface area contributed by atoms with Gasteiger partial charge >= 0.3 is 0 Å². The van der Waals surface area contributed by atoms with Gasteiger partial charge in [0.25, 0.3) is 0 Å². The highest BCUT2D eigenvalue weighted by atomic mass is 32.2. The van der Waals surface area contributed by atoms with Gasteiger partial charge in [0.2, 0.25) is 0 Å². The van der Waals surface area contributed by atoms with Crippen LogP contribution < -0.4 is 5.73 Å². The molecule has 0 rings (SSSR count). The third-order valence-corrected chi connectivity index (χ3v) is 2.50. The molecule has 13 heavy (non-hydrogen) atoms. The van der Waals surface area contributed by atoms with Crippen LogP contribution in [0.1, 0.15) is 33.6 Å². The summed E-state index contributed by atoms with van der Waals surface area (Å²) in [7, 11) is 0. The lowest BCUT2D eigenvalue weighted by atomic mass is 9.95. The second-order valence-electron chi connectivity index (χ2n) is 4.22. The van der Waals surface area contributed by atoms with E-state index >= 15 is 0 Å². The smallest absolute Gasteiger partial charge is 0.0991 e. The van der Waals surface area contributed by atoms with Gasteiger partial charge in [-0.3, -0.25) is 4.99 Å². The van der Waals surface area contributed by atoms with E-state index in [1.54, 1.807) is 0 Å². The molecule has 0 aromatic heterocycles. The maximum absolute atomic E-state index is 5.81. The third kappa shape index (κ3) is 6.94. The molecule has 0 atom stereocenters. The number of hydrogen-bond acceptors (Lipinski definition) is 2. The Hall–Kier alpha value is -0.180. The summed E-state index contributed by atoms with van der Waals surface area (Å²) < 4.78 is 0. The van der Waals surface area contributed by atoms with E-state index in [-0.39, 0.29) is 5.41 Å². The normalized spacial score (nSPS) is 13.4. The zero-order chi connectivity index (χ0) is 10.3. The highest BCUT2D eigenvalue weighted by Crippen LogP contribution is 2.12. The van der Waals surface area contributed by atoms with Gasteiger partial charge in [0, 0.05) is 12.0 Å². The summed E-state index contributed by atoms with van der Waals surface area (Å²) in [6, 6.07) is 0. The van der Waals surface area contributed by atoms with E-state index in [1.807, 2.05) is 11.8 Å². The first-order valence-electron chi connectivity index (χ1n) is 4.78. The summed E-state index contributed by atoms with van der Waals surface area (Å²) in [6.07, 6.45) is 4.52. The standard InChI is InChI=1S/C10H22N2S/c1-10(2,3)9(11)12-7-5-6-8-13-4/h5-8H2,1-4H3,(H2,11,12). The summed E-state index contributed by atoms with van der Waals surface area (Å²) >= 11 is 1.89. The van der Waals surface area contributed by atoms with Crippen molar-refractivity contribution < 1.29 is 0 Å². The maximum atomic E-state index is 5.81. The Kier molecular flexibility index (Phi) is 6.21. The Bertz CT molecular complexity index is 159. The second kappa shape index (κ2) is 6.30. The van der Waals surface area contributed by atoms with Crippen LogP contribution in [0.25, 0.3) is 0 Å². The van der Waals surface area contributed by atoms with E-state index in [4.69, 9.17) is 5.73 Å². The topological polar surface area (TPSA) is 38.4 Å². The van der Waals surface area contributed by atoms with Gasteiger partial charge < -0.3 is 5.73 Å². The van der Waals surface area contributed by atoms with Crippen molar-refractivity contribution in [1.82, 2.24) is 0 Å². The van der Waals surface area contributed by atoms with Gasteiger partial charge in [0.05, 0.1) is 5.84 Å². The fraction of sp³-hybridized carbons (Fsp3) is 0.900. The zero-order valence-electron chi connectivity index (χ0n) is 9.26. The summed E-state index contributed by atoms with van der Waals surface area (Å²) in [5.41, 5.74) is 5.84. The lowest BCUT2D eigenvalue weighted by Gasteiger charge is -2.17. The van der Waals surface area contributed by atoms with Crippen molar-refractivity contribution in [3.63, 3.8) is 0 Å². The van der Waals surface area contributed by atoms with Crippen molar-refractivity contribution in [2.24, 2.45) is 16.1 Å². The molecule has 0 unspecified atom stereocenters. The molecule has 0 spiro atoms. The molecule has 0 aromatic carbocycles. The quantitative estimate of drug-likeness (QED) is 0.423. The molecule has 0 aliphatic rings. The van der Waals surface area contributed by atoms with Gasteiger partial charge in [-0.2, -0.15) is 11.8 Å². The molecule has 2 nitrogen and oxygen atoms in total. The van der Waals surface area contributed by atoms with Gasteiger partial charge in [0.1, 0.15) is 0 Å². The van der Waals surface area contributed by atoms with Gasteiger partial charge in [-0.05, 0) is 24.9 Å². The minimum absolute atomic E-state index is 0.0273. The van der Waals surface area contributed by atoms with Crippen LogP contribution in [0.15, 0.2) is 4.99 Å². The molecule has 0 amide bonds. The van der Waals surface area contributed by atoms with Crippen LogP contribution in [-0.4, -0.2) is 24.4 Å². The molecular formula is C10H22N2S. The molecule has 0 heterocycles. The summed E-state index contributed by atoms with van der Waals surface area (Å²) in [5.74, 6) is 2.00. The summed E-state index contributed by atoms with van der Waals surface area (Å²) in [5, 5.41) is 0. The van der Waals surface area contributed by atoms with E-state index < -0.39 is 0 Å². The molecule has 0 radical (unpaired) electrons.